The molecule has 1 aliphatic carbocycles. The van der Waals surface area contributed by atoms with Gasteiger partial charge in [0.05, 0.1) is 0 Å². The number of alkyl halides is 3. The van der Waals surface area contributed by atoms with E-state index in [4.69, 9.17) is 11.6 Å². The monoisotopic (exact) mass is 380 g/mol. The maximum Gasteiger partial charge on any atom is 0.399 e. The van der Waals surface area contributed by atoms with E-state index >= 15 is 0 Å². The topological polar surface area (TPSA) is 86.7 Å². The summed E-state index contributed by atoms with van der Waals surface area (Å²) in [5, 5.41) is 7.39. The fraction of sp³-hybridized carbons (Fsp3) is 0.812. The van der Waals surface area contributed by atoms with Gasteiger partial charge in [0.15, 0.2) is 0 Å². The van der Waals surface area contributed by atoms with Crippen LogP contribution in [0.1, 0.15) is 34.1 Å². The smallest absolute Gasteiger partial charge is 0.399 e. The molecule has 1 aliphatic heterocycles. The van der Waals surface area contributed by atoms with E-state index in [1.165, 1.54) is 4.90 Å². The second kappa shape index (κ2) is 6.37. The number of aliphatic carboxylic acids is 1. The van der Waals surface area contributed by atoms with E-state index in [1.807, 2.05) is 19.2 Å². The Kier molecular flexibility index (Phi) is 5.07. The summed E-state index contributed by atoms with van der Waals surface area (Å²) >= 11 is 4.72. The number of hydrogen-bond acceptors (Lipinski definition) is 3. The van der Waals surface area contributed by atoms with Crippen molar-refractivity contribution in [1.82, 2.24) is 10.2 Å². The third-order valence-electron chi connectivity index (χ3n) is 5.77. The van der Waals surface area contributed by atoms with Gasteiger partial charge in [0, 0.05) is 12.5 Å². The van der Waals surface area contributed by atoms with Gasteiger partial charge >= 0.3 is 17.3 Å². The Hall–Kier alpha value is -1.44. The summed E-state index contributed by atoms with van der Waals surface area (Å²) in [4.78, 5) is 37.2. The molecular formula is C16H23ClF2N2O4. The molecule has 0 aromatic heterocycles. The molecule has 142 valence electrons. The third kappa shape index (κ3) is 3.45. The molecule has 2 N–H and O–H groups in total. The van der Waals surface area contributed by atoms with Gasteiger partial charge in [-0.15, -0.1) is 0 Å². The fourth-order valence-corrected chi connectivity index (χ4v) is 3.93. The Morgan fingerprint density at radius 1 is 1.40 bits per heavy atom. The minimum atomic E-state index is -4.13. The van der Waals surface area contributed by atoms with Crippen LogP contribution in [0, 0.1) is 23.2 Å². The van der Waals surface area contributed by atoms with Crippen molar-refractivity contribution in [3.05, 3.63) is 0 Å². The SMILES string of the molecule is CC[C@H](C)[C@H](NC(=O)C(F)(F)Cl)C(=O)N1C[C@H]2[C@@H]([C@H]1C(=O)O)C2(C)C. The van der Waals surface area contributed by atoms with Crippen LogP contribution >= 0.6 is 11.6 Å². The van der Waals surface area contributed by atoms with Gasteiger partial charge in [-0.2, -0.15) is 8.78 Å². The molecule has 1 heterocycles. The van der Waals surface area contributed by atoms with Gasteiger partial charge < -0.3 is 15.3 Å². The summed E-state index contributed by atoms with van der Waals surface area (Å²) in [6.45, 7) is 7.51. The summed E-state index contributed by atoms with van der Waals surface area (Å²) in [5.74, 6) is -4.10. The first kappa shape index (κ1) is 19.9. The van der Waals surface area contributed by atoms with Crippen molar-refractivity contribution < 1.29 is 28.3 Å². The van der Waals surface area contributed by atoms with Crippen molar-refractivity contribution in [2.75, 3.05) is 6.54 Å². The Labute approximate surface area is 149 Å². The molecule has 25 heavy (non-hydrogen) atoms. The second-order valence-electron chi connectivity index (χ2n) is 7.56. The molecule has 6 nitrogen and oxygen atoms in total. The molecule has 0 aromatic carbocycles. The lowest BCUT2D eigenvalue weighted by atomic mass is 9.95. The maximum absolute atomic E-state index is 13.0. The van der Waals surface area contributed by atoms with Gasteiger partial charge in [-0.1, -0.05) is 34.1 Å². The summed E-state index contributed by atoms with van der Waals surface area (Å²) in [6.07, 6.45) is 0.439. The van der Waals surface area contributed by atoms with E-state index in [1.54, 1.807) is 13.8 Å². The zero-order valence-corrected chi connectivity index (χ0v) is 15.3. The van der Waals surface area contributed by atoms with E-state index in [0.29, 0.717) is 6.42 Å². The number of hydrogen-bond donors (Lipinski definition) is 2. The van der Waals surface area contributed by atoms with Gasteiger partial charge in [-0.05, 0) is 28.9 Å². The number of amides is 2. The average molecular weight is 381 g/mol. The molecule has 1 saturated heterocycles. The lowest BCUT2D eigenvalue weighted by Gasteiger charge is -2.33. The molecule has 5 atom stereocenters. The minimum Gasteiger partial charge on any atom is -0.480 e. The number of nitrogens with zero attached hydrogens (tertiary/aromatic N) is 1. The van der Waals surface area contributed by atoms with Crippen LogP contribution in [-0.4, -0.2) is 51.8 Å². The predicted molar refractivity (Wildman–Crippen MR) is 86.1 cm³/mol. The van der Waals surface area contributed by atoms with E-state index in [0.717, 1.165) is 0 Å². The number of carbonyl (C=O) groups is 3. The van der Waals surface area contributed by atoms with Crippen molar-refractivity contribution in [1.29, 1.82) is 0 Å². The summed E-state index contributed by atoms with van der Waals surface area (Å²) in [5.41, 5.74) is -0.169. The number of carbonyl (C=O) groups excluding carboxylic acids is 2. The highest BCUT2D eigenvalue weighted by Crippen LogP contribution is 2.64. The van der Waals surface area contributed by atoms with Crippen molar-refractivity contribution >= 4 is 29.4 Å². The van der Waals surface area contributed by atoms with E-state index in [9.17, 15) is 28.3 Å². The van der Waals surface area contributed by atoms with Crippen LogP contribution in [-0.2, 0) is 14.4 Å². The first-order chi connectivity index (χ1) is 11.3. The molecule has 0 aromatic rings. The Morgan fingerprint density at radius 3 is 2.40 bits per heavy atom. The highest BCUT2D eigenvalue weighted by Gasteiger charge is 2.69. The molecule has 1 saturated carbocycles. The normalized spacial score (nSPS) is 29.6. The highest BCUT2D eigenvalue weighted by molar-refractivity contribution is 6.32. The van der Waals surface area contributed by atoms with Gasteiger partial charge in [0.2, 0.25) is 5.91 Å². The van der Waals surface area contributed by atoms with Crippen LogP contribution < -0.4 is 5.32 Å². The zero-order valence-electron chi connectivity index (χ0n) is 14.6. The Morgan fingerprint density at radius 2 is 1.96 bits per heavy atom. The predicted octanol–water partition coefficient (Wildman–Crippen LogP) is 1.92. The van der Waals surface area contributed by atoms with Gasteiger partial charge in [0.25, 0.3) is 0 Å². The number of piperidine rings is 1. The average Bonchev–Trinajstić information content (AvgIpc) is 2.88. The van der Waals surface area contributed by atoms with Crippen LogP contribution in [0.4, 0.5) is 8.78 Å². The summed E-state index contributed by atoms with van der Waals surface area (Å²) < 4.78 is 26.0. The quantitative estimate of drug-likeness (QED) is 0.689. The largest absolute Gasteiger partial charge is 0.480 e. The number of nitrogens with one attached hydrogen (secondary N) is 1. The van der Waals surface area contributed by atoms with Crippen molar-refractivity contribution in [2.45, 2.75) is 51.6 Å². The molecule has 2 aliphatic rings. The molecule has 0 radical (unpaired) electrons. The van der Waals surface area contributed by atoms with Crippen LogP contribution in [0.5, 0.6) is 0 Å². The van der Waals surface area contributed by atoms with Gasteiger partial charge in [0.1, 0.15) is 12.1 Å². The standard InChI is InChI=1S/C16H23ClF2N2O4/c1-5-7(2)10(20-14(25)16(17,18)19)12(22)21-6-8-9(15(8,3)4)11(21)13(23)24/h7-11H,5-6H2,1-4H3,(H,20,25)(H,23,24)/t7-,8-,9-,10-,11-/m0/s1. The van der Waals surface area contributed by atoms with Crippen LogP contribution in [0.3, 0.4) is 0 Å². The van der Waals surface area contributed by atoms with E-state index < -0.39 is 41.2 Å². The first-order valence-corrected chi connectivity index (χ1v) is 8.62. The van der Waals surface area contributed by atoms with Gasteiger partial charge in [-0.25, -0.2) is 4.79 Å². The van der Waals surface area contributed by atoms with Crippen LogP contribution in [0.2, 0.25) is 0 Å². The van der Waals surface area contributed by atoms with E-state index in [2.05, 4.69) is 0 Å². The number of fused-ring (bicyclic) bond motifs is 1. The fourth-order valence-electron chi connectivity index (χ4n) is 3.88. The molecule has 2 fully saturated rings. The zero-order chi connectivity index (χ0) is 19.3. The van der Waals surface area contributed by atoms with Gasteiger partial charge in [-0.3, -0.25) is 9.59 Å². The lowest BCUT2D eigenvalue weighted by molar-refractivity contribution is -0.153. The number of halogens is 3. The number of carboxylic acids is 1. The molecule has 9 heteroatoms. The third-order valence-corrected chi connectivity index (χ3v) is 5.94. The minimum absolute atomic E-state index is 0.0558. The van der Waals surface area contributed by atoms with Crippen LogP contribution in [0.25, 0.3) is 0 Å². The molecule has 2 amide bonds. The second-order valence-corrected chi connectivity index (χ2v) is 8.04. The van der Waals surface area contributed by atoms with Crippen molar-refractivity contribution in [2.24, 2.45) is 23.2 Å². The number of likely N-dealkylation sites (tertiary alicyclic amines) is 1. The summed E-state index contributed by atoms with van der Waals surface area (Å²) in [6, 6.07) is -2.25. The molecular weight excluding hydrogens is 358 g/mol. The summed E-state index contributed by atoms with van der Waals surface area (Å²) in [7, 11) is 0. The Bertz CT molecular complexity index is 593. The molecule has 0 spiro atoms. The molecule has 0 bridgehead atoms. The maximum atomic E-state index is 13.0. The number of rotatable bonds is 6. The highest BCUT2D eigenvalue weighted by atomic mass is 35.5. The van der Waals surface area contributed by atoms with Crippen molar-refractivity contribution in [3.63, 3.8) is 0 Å². The molecule has 0 unspecified atom stereocenters. The Balaban J connectivity index is 2.22. The van der Waals surface area contributed by atoms with Crippen LogP contribution in [0.15, 0.2) is 0 Å². The van der Waals surface area contributed by atoms with Crippen molar-refractivity contribution in [3.8, 4) is 0 Å². The van der Waals surface area contributed by atoms with E-state index in [-0.39, 0.29) is 23.8 Å². The first-order valence-electron chi connectivity index (χ1n) is 8.25. The number of carboxylic acid groups (broad SMARTS) is 1. The lowest BCUT2D eigenvalue weighted by Crippen LogP contribution is -2.57. The molecule has 2 rings (SSSR count).